The van der Waals surface area contributed by atoms with E-state index in [1.165, 1.54) is 45.2 Å². The fourth-order valence-corrected chi connectivity index (χ4v) is 2.94. The molecule has 1 heterocycles. The van der Waals surface area contributed by atoms with Gasteiger partial charge in [-0.15, -0.1) is 0 Å². The maximum atomic E-state index is 9.07. The average molecular weight is 221 g/mol. The van der Waals surface area contributed by atoms with Crippen molar-refractivity contribution in [2.45, 2.75) is 44.6 Å². The summed E-state index contributed by atoms with van der Waals surface area (Å²) in [5.41, 5.74) is 0. The summed E-state index contributed by atoms with van der Waals surface area (Å²) in [5.74, 6) is 0.257. The number of nitrogens with zero attached hydrogens (tertiary/aromatic N) is 2. The van der Waals surface area contributed by atoms with Crippen LogP contribution < -0.4 is 5.32 Å². The van der Waals surface area contributed by atoms with Crippen LogP contribution in [0.5, 0.6) is 0 Å². The smallest absolute Gasteiger partial charge is 0.0672 e. The highest BCUT2D eigenvalue weighted by Crippen LogP contribution is 2.23. The first-order valence-electron chi connectivity index (χ1n) is 6.75. The lowest BCUT2D eigenvalue weighted by Gasteiger charge is -2.28. The topological polar surface area (TPSA) is 39.1 Å². The van der Waals surface area contributed by atoms with Gasteiger partial charge >= 0.3 is 0 Å². The second-order valence-electron chi connectivity index (χ2n) is 5.13. The highest BCUT2D eigenvalue weighted by molar-refractivity contribution is 4.94. The molecule has 90 valence electrons. The zero-order valence-electron chi connectivity index (χ0n) is 10.1. The number of hydrogen-bond acceptors (Lipinski definition) is 3. The maximum Gasteiger partial charge on any atom is 0.0672 e. The van der Waals surface area contributed by atoms with Gasteiger partial charge in [0.1, 0.15) is 0 Å². The van der Waals surface area contributed by atoms with Crippen LogP contribution in [0.25, 0.3) is 0 Å². The fourth-order valence-electron chi connectivity index (χ4n) is 2.94. The summed E-state index contributed by atoms with van der Waals surface area (Å²) in [6.07, 6.45) is 7.55. The Morgan fingerprint density at radius 3 is 2.62 bits per heavy atom. The van der Waals surface area contributed by atoms with Gasteiger partial charge in [-0.25, -0.2) is 0 Å². The lowest BCUT2D eigenvalue weighted by atomic mass is 9.85. The molecule has 2 fully saturated rings. The molecule has 0 amide bonds. The summed E-state index contributed by atoms with van der Waals surface area (Å²) in [4.78, 5) is 2.53. The van der Waals surface area contributed by atoms with Gasteiger partial charge in [0.05, 0.1) is 12.0 Å². The van der Waals surface area contributed by atoms with Crippen LogP contribution in [0.15, 0.2) is 0 Å². The van der Waals surface area contributed by atoms with Crippen LogP contribution in [0.3, 0.4) is 0 Å². The fraction of sp³-hybridized carbons (Fsp3) is 0.923. The van der Waals surface area contributed by atoms with Crippen LogP contribution >= 0.6 is 0 Å². The quantitative estimate of drug-likeness (QED) is 0.786. The molecule has 0 bridgehead atoms. The Balaban J connectivity index is 1.65. The SMILES string of the molecule is N#CC1CCCCC1NCCN1CCCC1. The molecule has 1 saturated heterocycles. The van der Waals surface area contributed by atoms with Gasteiger partial charge in [0.25, 0.3) is 0 Å². The van der Waals surface area contributed by atoms with Gasteiger partial charge in [0.2, 0.25) is 0 Å². The Bertz CT molecular complexity index is 240. The van der Waals surface area contributed by atoms with Gasteiger partial charge in [-0.05, 0) is 38.8 Å². The minimum absolute atomic E-state index is 0.257. The van der Waals surface area contributed by atoms with E-state index in [-0.39, 0.29) is 5.92 Å². The number of nitrogens with one attached hydrogen (secondary N) is 1. The van der Waals surface area contributed by atoms with Crippen molar-refractivity contribution in [3.63, 3.8) is 0 Å². The molecule has 3 heteroatoms. The van der Waals surface area contributed by atoms with E-state index in [0.29, 0.717) is 6.04 Å². The van der Waals surface area contributed by atoms with Crippen molar-refractivity contribution in [2.75, 3.05) is 26.2 Å². The zero-order valence-corrected chi connectivity index (χ0v) is 10.1. The lowest BCUT2D eigenvalue weighted by molar-refractivity contribution is 0.282. The highest BCUT2D eigenvalue weighted by atomic mass is 15.2. The van der Waals surface area contributed by atoms with Crippen molar-refractivity contribution >= 4 is 0 Å². The van der Waals surface area contributed by atoms with Gasteiger partial charge in [0, 0.05) is 19.1 Å². The second kappa shape index (κ2) is 6.22. The Labute approximate surface area is 98.8 Å². The first-order valence-corrected chi connectivity index (χ1v) is 6.75. The molecule has 3 nitrogen and oxygen atoms in total. The molecule has 1 N–H and O–H groups in total. The molecule has 16 heavy (non-hydrogen) atoms. The van der Waals surface area contributed by atoms with Crippen molar-refractivity contribution < 1.29 is 0 Å². The average Bonchev–Trinajstić information content (AvgIpc) is 2.83. The summed E-state index contributed by atoms with van der Waals surface area (Å²) in [5, 5.41) is 12.7. The van der Waals surface area contributed by atoms with E-state index in [9.17, 15) is 0 Å². The van der Waals surface area contributed by atoms with Crippen molar-refractivity contribution in [1.29, 1.82) is 5.26 Å². The van der Waals surface area contributed by atoms with E-state index >= 15 is 0 Å². The van der Waals surface area contributed by atoms with Gasteiger partial charge < -0.3 is 10.2 Å². The van der Waals surface area contributed by atoms with Crippen LogP contribution in [0.1, 0.15) is 38.5 Å². The summed E-state index contributed by atoms with van der Waals surface area (Å²) in [6, 6.07) is 2.92. The predicted octanol–water partition coefficient (Wildman–Crippen LogP) is 1.75. The van der Waals surface area contributed by atoms with E-state index in [1.54, 1.807) is 0 Å². The molecule has 0 aromatic rings. The number of hydrogen-bond donors (Lipinski definition) is 1. The Morgan fingerprint density at radius 1 is 1.12 bits per heavy atom. The van der Waals surface area contributed by atoms with Gasteiger partial charge in [-0.3, -0.25) is 0 Å². The van der Waals surface area contributed by atoms with Crippen LogP contribution in [-0.4, -0.2) is 37.1 Å². The summed E-state index contributed by atoms with van der Waals surface area (Å²) in [6.45, 7) is 4.76. The number of rotatable bonds is 4. The second-order valence-corrected chi connectivity index (χ2v) is 5.13. The molecule has 2 atom stereocenters. The molecule has 2 aliphatic rings. The molecule has 2 rings (SSSR count). The van der Waals surface area contributed by atoms with Gasteiger partial charge in [0.15, 0.2) is 0 Å². The summed E-state index contributed by atoms with van der Waals surface area (Å²) >= 11 is 0. The molecule has 1 saturated carbocycles. The summed E-state index contributed by atoms with van der Waals surface area (Å²) < 4.78 is 0. The van der Waals surface area contributed by atoms with Crippen LogP contribution in [0.4, 0.5) is 0 Å². The van der Waals surface area contributed by atoms with E-state index in [2.05, 4.69) is 16.3 Å². The minimum Gasteiger partial charge on any atom is -0.311 e. The molecule has 0 spiro atoms. The first kappa shape index (κ1) is 11.9. The molecular weight excluding hydrogens is 198 g/mol. The summed E-state index contributed by atoms with van der Waals surface area (Å²) in [7, 11) is 0. The normalized spacial score (nSPS) is 31.4. The minimum atomic E-state index is 0.257. The van der Waals surface area contributed by atoms with Crippen molar-refractivity contribution in [3.05, 3.63) is 0 Å². The van der Waals surface area contributed by atoms with Crippen molar-refractivity contribution in [2.24, 2.45) is 5.92 Å². The molecule has 1 aliphatic carbocycles. The van der Waals surface area contributed by atoms with E-state index in [1.807, 2.05) is 0 Å². The van der Waals surface area contributed by atoms with E-state index in [4.69, 9.17) is 5.26 Å². The predicted molar refractivity (Wildman–Crippen MR) is 65.0 cm³/mol. The Morgan fingerprint density at radius 2 is 1.88 bits per heavy atom. The number of likely N-dealkylation sites (tertiary alicyclic amines) is 1. The van der Waals surface area contributed by atoms with Crippen LogP contribution in [0.2, 0.25) is 0 Å². The van der Waals surface area contributed by atoms with Crippen molar-refractivity contribution in [1.82, 2.24) is 10.2 Å². The van der Waals surface area contributed by atoms with E-state index < -0.39 is 0 Å². The molecule has 0 aromatic heterocycles. The third-order valence-corrected chi connectivity index (χ3v) is 3.97. The molecule has 0 radical (unpaired) electrons. The molecule has 1 aliphatic heterocycles. The molecule has 2 unspecified atom stereocenters. The van der Waals surface area contributed by atoms with Gasteiger partial charge in [-0.1, -0.05) is 12.8 Å². The van der Waals surface area contributed by atoms with Crippen LogP contribution in [-0.2, 0) is 0 Å². The Hall–Kier alpha value is -0.590. The lowest BCUT2D eigenvalue weighted by Crippen LogP contribution is -2.41. The standard InChI is InChI=1S/C13H23N3/c14-11-12-5-1-2-6-13(12)15-7-10-16-8-3-4-9-16/h12-13,15H,1-10H2. The van der Waals surface area contributed by atoms with Crippen LogP contribution in [0, 0.1) is 17.2 Å². The molecule has 0 aromatic carbocycles. The molecular formula is C13H23N3. The number of nitriles is 1. The monoisotopic (exact) mass is 221 g/mol. The highest BCUT2D eigenvalue weighted by Gasteiger charge is 2.24. The van der Waals surface area contributed by atoms with E-state index in [0.717, 1.165) is 19.5 Å². The first-order chi connectivity index (χ1) is 7.90. The maximum absolute atomic E-state index is 9.07. The Kier molecular flexibility index (Phi) is 4.62. The van der Waals surface area contributed by atoms with Crippen molar-refractivity contribution in [3.8, 4) is 6.07 Å². The zero-order chi connectivity index (χ0) is 11.2. The third-order valence-electron chi connectivity index (χ3n) is 3.97. The third kappa shape index (κ3) is 3.20. The largest absolute Gasteiger partial charge is 0.311 e. The van der Waals surface area contributed by atoms with Gasteiger partial charge in [-0.2, -0.15) is 5.26 Å².